The summed E-state index contributed by atoms with van der Waals surface area (Å²) in [5, 5.41) is 0. The molecule has 0 bridgehead atoms. The van der Waals surface area contributed by atoms with Gasteiger partial charge in [0.25, 0.3) is 0 Å². The van der Waals surface area contributed by atoms with Gasteiger partial charge in [-0.25, -0.2) is 4.79 Å². The Bertz CT molecular complexity index is 674. The molecule has 0 saturated heterocycles. The highest BCUT2D eigenvalue weighted by molar-refractivity contribution is 5.90. The zero-order chi connectivity index (χ0) is 16.7. The van der Waals surface area contributed by atoms with Crippen LogP contribution in [0.3, 0.4) is 0 Å². The first-order valence-corrected chi connectivity index (χ1v) is 7.62. The van der Waals surface area contributed by atoms with E-state index in [-0.39, 0.29) is 12.4 Å². The molecule has 0 radical (unpaired) electrons. The lowest BCUT2D eigenvalue weighted by Crippen LogP contribution is -2.10. The highest BCUT2D eigenvalue weighted by Gasteiger charge is 2.10. The smallest absolute Gasteiger partial charge is 0.338 e. The van der Waals surface area contributed by atoms with Gasteiger partial charge in [0.1, 0.15) is 5.75 Å². The Morgan fingerprint density at radius 3 is 2.48 bits per heavy atom. The predicted octanol–water partition coefficient (Wildman–Crippen LogP) is 3.71. The molecule has 0 atom stereocenters. The van der Waals surface area contributed by atoms with Gasteiger partial charge in [0.15, 0.2) is 0 Å². The van der Waals surface area contributed by atoms with Gasteiger partial charge in [-0.3, -0.25) is 4.79 Å². The molecular weight excluding hydrogens is 292 g/mol. The van der Waals surface area contributed by atoms with Crippen molar-refractivity contribution in [2.45, 2.75) is 26.7 Å². The number of aryl methyl sites for hydroxylation is 2. The second-order valence-corrected chi connectivity index (χ2v) is 5.21. The number of ether oxygens (including phenoxy) is 2. The summed E-state index contributed by atoms with van der Waals surface area (Å²) in [5.41, 5.74) is 2.65. The number of hydrogen-bond donors (Lipinski definition) is 0. The number of esters is 2. The fraction of sp³-hybridized carbons (Fsp3) is 0.263. The summed E-state index contributed by atoms with van der Waals surface area (Å²) in [6, 6.07) is 14.5. The Kier molecular flexibility index (Phi) is 5.92. The average Bonchev–Trinajstić information content (AvgIpc) is 2.55. The summed E-state index contributed by atoms with van der Waals surface area (Å²) in [7, 11) is 0. The molecule has 120 valence electrons. The van der Waals surface area contributed by atoms with Gasteiger partial charge in [-0.2, -0.15) is 0 Å². The van der Waals surface area contributed by atoms with Crippen molar-refractivity contribution in [3.8, 4) is 5.75 Å². The number of benzene rings is 2. The lowest BCUT2D eigenvalue weighted by molar-refractivity contribution is -0.134. The van der Waals surface area contributed by atoms with E-state index in [0.29, 0.717) is 24.3 Å². The van der Waals surface area contributed by atoms with E-state index in [1.807, 2.05) is 31.2 Å². The maximum atomic E-state index is 11.9. The third kappa shape index (κ3) is 5.25. The maximum absolute atomic E-state index is 11.9. The molecule has 2 rings (SSSR count). The standard InChI is InChI=1S/C19H20O4/c1-3-22-19(21)16-5-4-6-17(13-16)23-18(20)12-11-15-9-7-14(2)8-10-15/h4-10,13H,3,11-12H2,1-2H3. The van der Waals surface area contributed by atoms with Crippen LogP contribution in [0.2, 0.25) is 0 Å². The maximum Gasteiger partial charge on any atom is 0.338 e. The molecule has 4 heteroatoms. The zero-order valence-electron chi connectivity index (χ0n) is 13.4. The van der Waals surface area contributed by atoms with Crippen LogP contribution >= 0.6 is 0 Å². The van der Waals surface area contributed by atoms with E-state index in [0.717, 1.165) is 5.56 Å². The summed E-state index contributed by atoms with van der Waals surface area (Å²) in [5.74, 6) is -0.402. The minimum Gasteiger partial charge on any atom is -0.462 e. The van der Waals surface area contributed by atoms with Gasteiger partial charge in [0, 0.05) is 6.42 Å². The van der Waals surface area contributed by atoms with Crippen LogP contribution in [0.15, 0.2) is 48.5 Å². The van der Waals surface area contributed by atoms with Crippen molar-refractivity contribution in [1.29, 1.82) is 0 Å². The van der Waals surface area contributed by atoms with E-state index in [1.54, 1.807) is 25.1 Å². The predicted molar refractivity (Wildman–Crippen MR) is 87.5 cm³/mol. The number of rotatable bonds is 6. The SMILES string of the molecule is CCOC(=O)c1cccc(OC(=O)CCc2ccc(C)cc2)c1. The molecule has 0 aliphatic heterocycles. The summed E-state index contributed by atoms with van der Waals surface area (Å²) < 4.78 is 10.2. The minimum absolute atomic E-state index is 0.284. The molecule has 4 nitrogen and oxygen atoms in total. The Hall–Kier alpha value is -2.62. The van der Waals surface area contributed by atoms with Gasteiger partial charge in [-0.05, 0) is 44.0 Å². The van der Waals surface area contributed by atoms with Crippen LogP contribution in [-0.4, -0.2) is 18.5 Å². The Labute approximate surface area is 136 Å². The lowest BCUT2D eigenvalue weighted by atomic mass is 10.1. The highest BCUT2D eigenvalue weighted by Crippen LogP contribution is 2.15. The first-order chi connectivity index (χ1) is 11.1. The summed E-state index contributed by atoms with van der Waals surface area (Å²) in [6.07, 6.45) is 0.906. The molecule has 0 spiro atoms. The van der Waals surface area contributed by atoms with Crippen molar-refractivity contribution >= 4 is 11.9 Å². The summed E-state index contributed by atoms with van der Waals surface area (Å²) >= 11 is 0. The number of carbonyl (C=O) groups excluding carboxylic acids is 2. The first kappa shape index (κ1) is 16.7. The van der Waals surface area contributed by atoms with Crippen LogP contribution < -0.4 is 4.74 Å². The lowest BCUT2D eigenvalue weighted by Gasteiger charge is -2.07. The molecular formula is C19H20O4. The molecule has 0 fully saturated rings. The Balaban J connectivity index is 1.91. The van der Waals surface area contributed by atoms with Crippen LogP contribution in [-0.2, 0) is 16.0 Å². The van der Waals surface area contributed by atoms with E-state index in [9.17, 15) is 9.59 Å². The van der Waals surface area contributed by atoms with Crippen LogP contribution in [0.25, 0.3) is 0 Å². The monoisotopic (exact) mass is 312 g/mol. The average molecular weight is 312 g/mol. The molecule has 0 aliphatic rings. The largest absolute Gasteiger partial charge is 0.462 e. The molecule has 2 aromatic rings. The van der Waals surface area contributed by atoms with Crippen molar-refractivity contribution < 1.29 is 19.1 Å². The van der Waals surface area contributed by atoms with Gasteiger partial charge < -0.3 is 9.47 Å². The Morgan fingerprint density at radius 1 is 1.04 bits per heavy atom. The normalized spacial score (nSPS) is 10.2. The second-order valence-electron chi connectivity index (χ2n) is 5.21. The Morgan fingerprint density at radius 2 is 1.78 bits per heavy atom. The van der Waals surface area contributed by atoms with Crippen molar-refractivity contribution in [3.05, 3.63) is 65.2 Å². The van der Waals surface area contributed by atoms with Gasteiger partial charge in [0.05, 0.1) is 12.2 Å². The van der Waals surface area contributed by atoms with E-state index < -0.39 is 5.97 Å². The molecule has 0 N–H and O–H groups in total. The van der Waals surface area contributed by atoms with Gasteiger partial charge in [-0.15, -0.1) is 0 Å². The van der Waals surface area contributed by atoms with E-state index in [4.69, 9.17) is 9.47 Å². The van der Waals surface area contributed by atoms with E-state index in [1.165, 1.54) is 11.6 Å². The van der Waals surface area contributed by atoms with Gasteiger partial charge in [0.2, 0.25) is 0 Å². The fourth-order valence-corrected chi connectivity index (χ4v) is 2.08. The minimum atomic E-state index is -0.426. The number of hydrogen-bond acceptors (Lipinski definition) is 4. The van der Waals surface area contributed by atoms with Crippen molar-refractivity contribution in [2.24, 2.45) is 0 Å². The molecule has 0 amide bonds. The summed E-state index contributed by atoms with van der Waals surface area (Å²) in [6.45, 7) is 4.07. The molecule has 0 heterocycles. The fourth-order valence-electron chi connectivity index (χ4n) is 2.08. The quantitative estimate of drug-likeness (QED) is 0.603. The van der Waals surface area contributed by atoms with Crippen LogP contribution in [0.1, 0.15) is 34.8 Å². The topological polar surface area (TPSA) is 52.6 Å². The van der Waals surface area contributed by atoms with Gasteiger partial charge >= 0.3 is 11.9 Å². The van der Waals surface area contributed by atoms with E-state index in [2.05, 4.69) is 0 Å². The highest BCUT2D eigenvalue weighted by atomic mass is 16.5. The van der Waals surface area contributed by atoms with E-state index >= 15 is 0 Å². The first-order valence-electron chi connectivity index (χ1n) is 7.62. The van der Waals surface area contributed by atoms with Crippen LogP contribution in [0, 0.1) is 6.92 Å². The molecule has 2 aromatic carbocycles. The molecule has 0 aliphatic carbocycles. The van der Waals surface area contributed by atoms with Crippen molar-refractivity contribution in [3.63, 3.8) is 0 Å². The summed E-state index contributed by atoms with van der Waals surface area (Å²) in [4.78, 5) is 23.6. The molecule has 0 saturated carbocycles. The second kappa shape index (κ2) is 8.13. The van der Waals surface area contributed by atoms with Crippen LogP contribution in [0.4, 0.5) is 0 Å². The molecule has 0 unspecified atom stereocenters. The molecule has 23 heavy (non-hydrogen) atoms. The molecule has 0 aromatic heterocycles. The van der Waals surface area contributed by atoms with Crippen molar-refractivity contribution in [2.75, 3.05) is 6.61 Å². The third-order valence-corrected chi connectivity index (χ3v) is 3.32. The van der Waals surface area contributed by atoms with Crippen LogP contribution in [0.5, 0.6) is 5.75 Å². The zero-order valence-corrected chi connectivity index (χ0v) is 13.4. The van der Waals surface area contributed by atoms with Crippen molar-refractivity contribution in [1.82, 2.24) is 0 Å². The number of carbonyl (C=O) groups is 2. The van der Waals surface area contributed by atoms with Gasteiger partial charge in [-0.1, -0.05) is 35.9 Å². The third-order valence-electron chi connectivity index (χ3n) is 3.32.